The fourth-order valence-electron chi connectivity index (χ4n) is 1.08. The summed E-state index contributed by atoms with van der Waals surface area (Å²) in [7, 11) is -3.16. The van der Waals surface area contributed by atoms with E-state index in [-0.39, 0.29) is 5.25 Å². The molecule has 0 aromatic rings. The average molecular weight is 227 g/mol. The van der Waals surface area contributed by atoms with Gasteiger partial charge < -0.3 is 0 Å². The van der Waals surface area contributed by atoms with Crippen LogP contribution in [0.15, 0.2) is 36.6 Å². The summed E-state index contributed by atoms with van der Waals surface area (Å²) in [5, 5.41) is -0.198. The molecule has 0 heterocycles. The van der Waals surface area contributed by atoms with Crippen LogP contribution in [0.1, 0.15) is 26.2 Å². The summed E-state index contributed by atoms with van der Waals surface area (Å²) >= 11 is 0. The quantitative estimate of drug-likeness (QED) is 0.706. The number of sulfonamides is 1. The molecule has 0 unspecified atom stereocenters. The van der Waals surface area contributed by atoms with Crippen molar-refractivity contribution < 1.29 is 8.42 Å². The normalized spacial score (nSPS) is 18.1. The first kappa shape index (κ1) is 12.0. The van der Waals surface area contributed by atoms with E-state index in [9.17, 15) is 8.42 Å². The highest BCUT2D eigenvalue weighted by atomic mass is 32.2. The van der Waals surface area contributed by atoms with E-state index in [2.05, 4.69) is 11.3 Å². The molecule has 0 amide bonds. The van der Waals surface area contributed by atoms with Gasteiger partial charge in [-0.05, 0) is 31.4 Å². The molecule has 4 heteroatoms. The zero-order valence-electron chi connectivity index (χ0n) is 8.94. The van der Waals surface area contributed by atoms with E-state index in [0.29, 0.717) is 5.70 Å². The van der Waals surface area contributed by atoms with Crippen molar-refractivity contribution in [2.75, 3.05) is 0 Å². The van der Waals surface area contributed by atoms with Crippen molar-refractivity contribution in [3.05, 3.63) is 36.6 Å². The van der Waals surface area contributed by atoms with E-state index >= 15 is 0 Å². The highest BCUT2D eigenvalue weighted by Gasteiger charge is 2.35. The summed E-state index contributed by atoms with van der Waals surface area (Å²) in [6, 6.07) is 0. The average Bonchev–Trinajstić information content (AvgIpc) is 2.99. The molecule has 0 spiro atoms. The van der Waals surface area contributed by atoms with Crippen molar-refractivity contribution in [2.24, 2.45) is 0 Å². The van der Waals surface area contributed by atoms with Gasteiger partial charge in [-0.1, -0.05) is 25.7 Å². The highest BCUT2D eigenvalue weighted by molar-refractivity contribution is 7.90. The number of hydrogen-bond acceptors (Lipinski definition) is 2. The van der Waals surface area contributed by atoms with Crippen LogP contribution in [0.5, 0.6) is 0 Å². The second kappa shape index (κ2) is 5.16. The number of rotatable bonds is 6. The van der Waals surface area contributed by atoms with E-state index in [4.69, 9.17) is 0 Å². The maximum atomic E-state index is 11.6. The molecule has 0 aliphatic heterocycles. The van der Waals surface area contributed by atoms with Gasteiger partial charge in [0.2, 0.25) is 10.0 Å². The molecule has 1 N–H and O–H groups in total. The monoisotopic (exact) mass is 227 g/mol. The molecule has 3 nitrogen and oxygen atoms in total. The number of allylic oxidation sites excluding steroid dienone is 4. The van der Waals surface area contributed by atoms with Crippen LogP contribution in [0.2, 0.25) is 0 Å². The van der Waals surface area contributed by atoms with Crippen molar-refractivity contribution in [1.29, 1.82) is 0 Å². The lowest BCUT2D eigenvalue weighted by Gasteiger charge is -2.06. The van der Waals surface area contributed by atoms with Gasteiger partial charge in [0, 0.05) is 5.70 Å². The predicted octanol–water partition coefficient (Wildman–Crippen LogP) is 2.10. The lowest BCUT2D eigenvalue weighted by molar-refractivity contribution is 0.588. The topological polar surface area (TPSA) is 46.2 Å². The Hall–Kier alpha value is -1.03. The first-order valence-electron chi connectivity index (χ1n) is 5.11. The lowest BCUT2D eigenvalue weighted by atomic mass is 10.3. The second-order valence-electron chi connectivity index (χ2n) is 3.51. The molecule has 1 saturated carbocycles. The van der Waals surface area contributed by atoms with Gasteiger partial charge in [-0.15, -0.1) is 0 Å². The second-order valence-corrected chi connectivity index (χ2v) is 5.47. The Morgan fingerprint density at radius 1 is 1.53 bits per heavy atom. The van der Waals surface area contributed by atoms with Crippen LogP contribution in [0, 0.1) is 0 Å². The molecule has 0 saturated heterocycles. The van der Waals surface area contributed by atoms with Gasteiger partial charge in [0.15, 0.2) is 0 Å². The molecule has 1 aliphatic rings. The fourth-order valence-corrected chi connectivity index (χ4v) is 2.48. The first-order chi connectivity index (χ1) is 7.10. The van der Waals surface area contributed by atoms with E-state index in [1.54, 1.807) is 6.08 Å². The van der Waals surface area contributed by atoms with Crippen LogP contribution in [0.3, 0.4) is 0 Å². The SMILES string of the molecule is C=C/C(=C\C=C/CC)NS(=O)(=O)C1CC1. The largest absolute Gasteiger partial charge is 0.283 e. The van der Waals surface area contributed by atoms with E-state index in [1.807, 2.05) is 19.1 Å². The van der Waals surface area contributed by atoms with Gasteiger partial charge >= 0.3 is 0 Å². The summed E-state index contributed by atoms with van der Waals surface area (Å²) in [5.41, 5.74) is 0.534. The molecule has 0 radical (unpaired) electrons. The summed E-state index contributed by atoms with van der Waals surface area (Å²) in [6.45, 7) is 5.59. The van der Waals surface area contributed by atoms with Gasteiger partial charge in [-0.25, -0.2) is 8.42 Å². The molecule has 84 valence electrons. The first-order valence-corrected chi connectivity index (χ1v) is 6.65. The Morgan fingerprint density at radius 2 is 2.20 bits per heavy atom. The lowest BCUT2D eigenvalue weighted by Crippen LogP contribution is -2.25. The summed E-state index contributed by atoms with van der Waals surface area (Å²) < 4.78 is 25.7. The maximum absolute atomic E-state index is 11.6. The molecular formula is C11H17NO2S. The Labute approximate surface area is 91.6 Å². The molecule has 0 aromatic carbocycles. The van der Waals surface area contributed by atoms with Crippen molar-refractivity contribution >= 4 is 10.0 Å². The standard InChI is InChI=1S/C11H17NO2S/c1-3-5-6-7-10(4-2)12-15(13,14)11-8-9-11/h4-7,11-12H,2-3,8-9H2,1H3/b6-5-,10-7+. The van der Waals surface area contributed by atoms with Crippen LogP contribution >= 0.6 is 0 Å². The predicted molar refractivity (Wildman–Crippen MR) is 62.8 cm³/mol. The molecule has 0 atom stereocenters. The van der Waals surface area contributed by atoms with E-state index < -0.39 is 10.0 Å². The minimum absolute atomic E-state index is 0.198. The zero-order chi connectivity index (χ0) is 11.3. The maximum Gasteiger partial charge on any atom is 0.235 e. The Kier molecular flexibility index (Phi) is 4.15. The Morgan fingerprint density at radius 3 is 2.67 bits per heavy atom. The zero-order valence-corrected chi connectivity index (χ0v) is 9.76. The number of hydrogen-bond donors (Lipinski definition) is 1. The van der Waals surface area contributed by atoms with E-state index in [0.717, 1.165) is 19.3 Å². The van der Waals surface area contributed by atoms with Crippen LogP contribution in [-0.4, -0.2) is 13.7 Å². The molecule has 1 aliphatic carbocycles. The third-order valence-electron chi connectivity index (χ3n) is 2.09. The van der Waals surface area contributed by atoms with Gasteiger partial charge in [-0.3, -0.25) is 4.72 Å². The van der Waals surface area contributed by atoms with E-state index in [1.165, 1.54) is 6.08 Å². The van der Waals surface area contributed by atoms with Crippen LogP contribution in [0.4, 0.5) is 0 Å². The van der Waals surface area contributed by atoms with Crippen LogP contribution in [-0.2, 0) is 10.0 Å². The fraction of sp³-hybridized carbons (Fsp3) is 0.455. The minimum atomic E-state index is -3.16. The van der Waals surface area contributed by atoms with Crippen LogP contribution < -0.4 is 4.72 Å². The van der Waals surface area contributed by atoms with Crippen molar-refractivity contribution in [2.45, 2.75) is 31.4 Å². The van der Waals surface area contributed by atoms with Gasteiger partial charge in [0.1, 0.15) is 0 Å². The van der Waals surface area contributed by atoms with Crippen LogP contribution in [0.25, 0.3) is 0 Å². The molecule has 15 heavy (non-hydrogen) atoms. The molecule has 1 fully saturated rings. The summed E-state index contributed by atoms with van der Waals surface area (Å²) in [5.74, 6) is 0. The Bertz CT molecular complexity index is 375. The van der Waals surface area contributed by atoms with Crippen molar-refractivity contribution in [3.8, 4) is 0 Å². The van der Waals surface area contributed by atoms with Gasteiger partial charge in [0.05, 0.1) is 5.25 Å². The number of nitrogens with one attached hydrogen (secondary N) is 1. The molecule has 1 rings (SSSR count). The summed E-state index contributed by atoms with van der Waals surface area (Å²) in [6.07, 6.45) is 9.48. The highest BCUT2D eigenvalue weighted by Crippen LogP contribution is 2.27. The third-order valence-corrected chi connectivity index (χ3v) is 3.96. The molecule has 0 aromatic heterocycles. The summed E-state index contributed by atoms with van der Waals surface area (Å²) in [4.78, 5) is 0. The van der Waals surface area contributed by atoms with Crippen molar-refractivity contribution in [3.63, 3.8) is 0 Å². The minimum Gasteiger partial charge on any atom is -0.283 e. The molecule has 0 bridgehead atoms. The van der Waals surface area contributed by atoms with Gasteiger partial charge in [-0.2, -0.15) is 0 Å². The third kappa shape index (κ3) is 3.91. The van der Waals surface area contributed by atoms with Crippen molar-refractivity contribution in [1.82, 2.24) is 4.72 Å². The smallest absolute Gasteiger partial charge is 0.235 e. The molecular weight excluding hydrogens is 210 g/mol. The Balaban J connectivity index is 2.64. The van der Waals surface area contributed by atoms with Gasteiger partial charge in [0.25, 0.3) is 0 Å².